The van der Waals surface area contributed by atoms with E-state index in [-0.39, 0.29) is 28.6 Å². The molecular formula is C13H21N3O3S2. The second-order valence-corrected chi connectivity index (χ2v) is 8.42. The Kier molecular flexibility index (Phi) is 4.11. The van der Waals surface area contributed by atoms with Gasteiger partial charge in [-0.15, -0.1) is 0 Å². The number of ether oxygens (including phenoxy) is 1. The predicted molar refractivity (Wildman–Crippen MR) is 83.6 cm³/mol. The first-order valence-corrected chi connectivity index (χ1v) is 9.83. The van der Waals surface area contributed by atoms with Crippen LogP contribution in [0.3, 0.4) is 0 Å². The summed E-state index contributed by atoms with van der Waals surface area (Å²) in [4.78, 5) is 2.40. The van der Waals surface area contributed by atoms with Crippen LogP contribution in [0.4, 0.5) is 10.8 Å². The minimum atomic E-state index is -3.37. The van der Waals surface area contributed by atoms with Gasteiger partial charge in [-0.05, 0) is 37.2 Å². The van der Waals surface area contributed by atoms with E-state index in [4.69, 9.17) is 10.5 Å². The first-order valence-electron chi connectivity index (χ1n) is 7.40. The highest BCUT2D eigenvalue weighted by Gasteiger charge is 2.39. The van der Waals surface area contributed by atoms with E-state index in [0.29, 0.717) is 24.6 Å². The van der Waals surface area contributed by atoms with Crippen LogP contribution in [0.2, 0.25) is 0 Å². The number of fused-ring (bicyclic) bond motifs is 1. The lowest BCUT2D eigenvalue weighted by molar-refractivity contribution is 0.0257. The maximum atomic E-state index is 12.5. The van der Waals surface area contributed by atoms with Gasteiger partial charge < -0.3 is 15.4 Å². The van der Waals surface area contributed by atoms with Gasteiger partial charge in [0, 0.05) is 6.54 Å². The Morgan fingerprint density at radius 1 is 1.48 bits per heavy atom. The van der Waals surface area contributed by atoms with Gasteiger partial charge in [0.25, 0.3) is 0 Å². The van der Waals surface area contributed by atoms with Gasteiger partial charge in [0.2, 0.25) is 0 Å². The fourth-order valence-corrected chi connectivity index (χ4v) is 6.14. The van der Waals surface area contributed by atoms with Crippen molar-refractivity contribution in [2.45, 2.75) is 49.6 Å². The number of nitrogens with zero attached hydrogens (tertiary/aromatic N) is 2. The highest BCUT2D eigenvalue weighted by atomic mass is 32.2. The molecule has 2 aliphatic rings. The van der Waals surface area contributed by atoms with Crippen LogP contribution >= 0.6 is 11.5 Å². The molecule has 1 aliphatic heterocycles. The quantitative estimate of drug-likeness (QED) is 0.903. The van der Waals surface area contributed by atoms with Crippen molar-refractivity contribution in [3.05, 3.63) is 0 Å². The maximum absolute atomic E-state index is 12.5. The van der Waals surface area contributed by atoms with Crippen molar-refractivity contribution in [3.63, 3.8) is 0 Å². The number of aromatic nitrogens is 1. The zero-order valence-electron chi connectivity index (χ0n) is 12.1. The number of morpholine rings is 1. The number of hydrogen-bond donors (Lipinski definition) is 1. The molecule has 118 valence electrons. The Bertz CT molecular complexity index is 614. The molecule has 1 saturated heterocycles. The molecule has 0 bridgehead atoms. The number of sulfone groups is 1. The second-order valence-electron chi connectivity index (χ2n) is 5.62. The maximum Gasteiger partial charge on any atom is 0.185 e. The summed E-state index contributed by atoms with van der Waals surface area (Å²) in [5.41, 5.74) is 5.86. The fraction of sp³-hybridized carbons (Fsp3) is 0.769. The molecule has 0 amide bonds. The molecule has 2 unspecified atom stereocenters. The molecule has 1 saturated carbocycles. The number of nitrogens with two attached hydrogens (primary N) is 1. The summed E-state index contributed by atoms with van der Waals surface area (Å²) in [6.45, 7) is 3.19. The molecule has 0 radical (unpaired) electrons. The Morgan fingerprint density at radius 2 is 2.29 bits per heavy atom. The second kappa shape index (κ2) is 5.73. The van der Waals surface area contributed by atoms with E-state index in [2.05, 4.69) is 9.27 Å². The Hall–Kier alpha value is -0.860. The van der Waals surface area contributed by atoms with Crippen molar-refractivity contribution < 1.29 is 13.2 Å². The van der Waals surface area contributed by atoms with Crippen LogP contribution in [0.15, 0.2) is 4.90 Å². The van der Waals surface area contributed by atoms with E-state index >= 15 is 0 Å². The topological polar surface area (TPSA) is 85.5 Å². The monoisotopic (exact) mass is 331 g/mol. The van der Waals surface area contributed by atoms with Gasteiger partial charge >= 0.3 is 0 Å². The van der Waals surface area contributed by atoms with Crippen LogP contribution in [-0.2, 0) is 14.6 Å². The number of hydrogen-bond acceptors (Lipinski definition) is 7. The number of anilines is 2. The minimum Gasteiger partial charge on any atom is -0.382 e. The lowest BCUT2D eigenvalue weighted by Gasteiger charge is -2.38. The van der Waals surface area contributed by atoms with Gasteiger partial charge in [-0.25, -0.2) is 8.42 Å². The number of rotatable bonds is 4. The molecule has 0 spiro atoms. The van der Waals surface area contributed by atoms with E-state index in [1.807, 2.05) is 6.92 Å². The smallest absolute Gasteiger partial charge is 0.185 e. The van der Waals surface area contributed by atoms with Crippen molar-refractivity contribution in [2.24, 2.45) is 0 Å². The Labute approximate surface area is 129 Å². The third-order valence-electron chi connectivity index (χ3n) is 4.18. The summed E-state index contributed by atoms with van der Waals surface area (Å²) < 4.78 is 34.9. The zero-order valence-corrected chi connectivity index (χ0v) is 13.8. The molecular weight excluding hydrogens is 310 g/mol. The van der Waals surface area contributed by atoms with Crippen molar-refractivity contribution >= 4 is 32.2 Å². The van der Waals surface area contributed by atoms with Crippen LogP contribution in [0, 0.1) is 0 Å². The normalized spacial score (nSPS) is 26.0. The van der Waals surface area contributed by atoms with Crippen LogP contribution in [0.1, 0.15) is 32.6 Å². The highest BCUT2D eigenvalue weighted by Crippen LogP contribution is 2.41. The number of nitrogen functional groups attached to an aromatic ring is 1. The molecule has 1 aromatic rings. The Balaban J connectivity index is 1.99. The van der Waals surface area contributed by atoms with Gasteiger partial charge in [-0.3, -0.25) is 0 Å². The highest BCUT2D eigenvalue weighted by molar-refractivity contribution is 7.91. The first-order chi connectivity index (χ1) is 10.0. The lowest BCUT2D eigenvalue weighted by Crippen LogP contribution is -2.48. The molecule has 21 heavy (non-hydrogen) atoms. The summed E-state index contributed by atoms with van der Waals surface area (Å²) in [6.07, 6.45) is 4.00. The molecule has 8 heteroatoms. The summed E-state index contributed by atoms with van der Waals surface area (Å²) in [6, 6.07) is 0.258. The average Bonchev–Trinajstić information content (AvgIpc) is 3.04. The molecule has 2 heterocycles. The molecule has 6 nitrogen and oxygen atoms in total. The zero-order chi connectivity index (χ0) is 15.0. The van der Waals surface area contributed by atoms with E-state index in [1.54, 1.807) is 0 Å². The molecule has 1 aromatic heterocycles. The van der Waals surface area contributed by atoms with Gasteiger partial charge in [-0.1, -0.05) is 6.92 Å². The van der Waals surface area contributed by atoms with Crippen LogP contribution in [0.5, 0.6) is 0 Å². The molecule has 3 rings (SSSR count). The summed E-state index contributed by atoms with van der Waals surface area (Å²) in [7, 11) is -3.37. The van der Waals surface area contributed by atoms with Crippen LogP contribution in [0.25, 0.3) is 0 Å². The predicted octanol–water partition coefficient (Wildman–Crippen LogP) is 1.67. The van der Waals surface area contributed by atoms with E-state index in [9.17, 15) is 8.42 Å². The van der Waals surface area contributed by atoms with Crippen LogP contribution < -0.4 is 10.6 Å². The molecule has 0 aromatic carbocycles. The van der Waals surface area contributed by atoms with Crippen LogP contribution in [-0.4, -0.2) is 43.8 Å². The van der Waals surface area contributed by atoms with E-state index in [1.165, 1.54) is 11.5 Å². The van der Waals surface area contributed by atoms with Crippen molar-refractivity contribution in [1.29, 1.82) is 0 Å². The SMILES string of the molecule is CCCS(=O)(=O)c1c(N)nsc1N1CCOC2CCCC21. The van der Waals surface area contributed by atoms with E-state index < -0.39 is 9.84 Å². The molecule has 1 aliphatic carbocycles. The van der Waals surface area contributed by atoms with Crippen molar-refractivity contribution in [2.75, 3.05) is 29.5 Å². The largest absolute Gasteiger partial charge is 0.382 e. The van der Waals surface area contributed by atoms with Gasteiger partial charge in [0.1, 0.15) is 9.90 Å². The summed E-state index contributed by atoms with van der Waals surface area (Å²) in [5.74, 6) is 0.255. The Morgan fingerprint density at radius 3 is 3.05 bits per heavy atom. The third-order valence-corrected chi connectivity index (χ3v) is 7.18. The molecule has 2 atom stereocenters. The van der Waals surface area contributed by atoms with Gasteiger partial charge in [-0.2, -0.15) is 4.37 Å². The van der Waals surface area contributed by atoms with Crippen molar-refractivity contribution in [1.82, 2.24) is 4.37 Å². The summed E-state index contributed by atoms with van der Waals surface area (Å²) >= 11 is 1.20. The minimum absolute atomic E-state index is 0.112. The molecule has 2 N–H and O–H groups in total. The fourth-order valence-electron chi connectivity index (χ4n) is 3.31. The van der Waals surface area contributed by atoms with E-state index in [0.717, 1.165) is 19.3 Å². The van der Waals surface area contributed by atoms with Crippen molar-refractivity contribution in [3.8, 4) is 0 Å². The summed E-state index contributed by atoms with van der Waals surface area (Å²) in [5, 5.41) is 0.709. The van der Waals surface area contributed by atoms with Gasteiger partial charge in [0.15, 0.2) is 15.7 Å². The molecule has 2 fully saturated rings. The third kappa shape index (κ3) is 2.64. The van der Waals surface area contributed by atoms with Gasteiger partial charge in [0.05, 0.1) is 24.5 Å². The average molecular weight is 331 g/mol. The lowest BCUT2D eigenvalue weighted by atomic mass is 10.1. The first kappa shape index (κ1) is 15.1. The standard InChI is InChI=1S/C13H21N3O3S2/c1-2-8-21(17,18)11-12(14)15-20-13(11)16-6-7-19-10-5-3-4-9(10)16/h9-10H,2-8H2,1H3,(H2,14,15).